The Morgan fingerprint density at radius 3 is 2.94 bits per heavy atom. The standard InChI is InChI=1S/C14H26N2O2/c1-11-3-2-7-16(13(11)9-15)14(17)5-4-12-6-8-18-10-12/h11-13H,2-10,15H2,1H3. The van der Waals surface area contributed by atoms with Crippen molar-refractivity contribution >= 4 is 5.91 Å². The summed E-state index contributed by atoms with van der Waals surface area (Å²) in [7, 11) is 0. The van der Waals surface area contributed by atoms with Crippen LogP contribution in [0.1, 0.15) is 39.0 Å². The zero-order valence-electron chi connectivity index (χ0n) is 11.4. The van der Waals surface area contributed by atoms with E-state index in [1.165, 1.54) is 6.42 Å². The van der Waals surface area contributed by atoms with E-state index in [1.54, 1.807) is 0 Å². The van der Waals surface area contributed by atoms with Crippen molar-refractivity contribution in [3.63, 3.8) is 0 Å². The number of amides is 1. The van der Waals surface area contributed by atoms with Crippen molar-refractivity contribution in [1.82, 2.24) is 4.90 Å². The summed E-state index contributed by atoms with van der Waals surface area (Å²) in [6.07, 6.45) is 5.07. The molecule has 0 aromatic heterocycles. The second-order valence-corrected chi connectivity index (χ2v) is 5.78. The minimum atomic E-state index is 0.256. The van der Waals surface area contributed by atoms with Gasteiger partial charge in [-0.15, -0.1) is 0 Å². The molecule has 2 rings (SSSR count). The van der Waals surface area contributed by atoms with Crippen LogP contribution in [0.25, 0.3) is 0 Å². The van der Waals surface area contributed by atoms with Crippen LogP contribution in [0.3, 0.4) is 0 Å². The van der Waals surface area contributed by atoms with E-state index in [0.29, 0.717) is 30.7 Å². The van der Waals surface area contributed by atoms with Gasteiger partial charge in [-0.1, -0.05) is 6.92 Å². The van der Waals surface area contributed by atoms with Gasteiger partial charge in [0.1, 0.15) is 0 Å². The summed E-state index contributed by atoms with van der Waals surface area (Å²) in [5.74, 6) is 1.43. The van der Waals surface area contributed by atoms with Crippen molar-refractivity contribution in [1.29, 1.82) is 0 Å². The molecule has 2 saturated heterocycles. The van der Waals surface area contributed by atoms with Crippen molar-refractivity contribution in [3.05, 3.63) is 0 Å². The van der Waals surface area contributed by atoms with Crippen LogP contribution < -0.4 is 5.73 Å². The molecule has 0 aromatic rings. The molecule has 1 amide bonds. The quantitative estimate of drug-likeness (QED) is 0.825. The van der Waals surface area contributed by atoms with Gasteiger partial charge in [0.25, 0.3) is 0 Å². The molecule has 0 spiro atoms. The number of nitrogens with two attached hydrogens (primary N) is 1. The highest BCUT2D eigenvalue weighted by Gasteiger charge is 2.30. The lowest BCUT2D eigenvalue weighted by Crippen LogP contribution is -2.51. The molecule has 2 aliphatic heterocycles. The molecule has 4 nitrogen and oxygen atoms in total. The van der Waals surface area contributed by atoms with Crippen molar-refractivity contribution in [2.45, 2.75) is 45.1 Å². The van der Waals surface area contributed by atoms with Gasteiger partial charge in [0, 0.05) is 38.8 Å². The van der Waals surface area contributed by atoms with E-state index in [9.17, 15) is 4.79 Å². The molecule has 3 atom stereocenters. The Kier molecular flexibility index (Phi) is 5.01. The fraction of sp³-hybridized carbons (Fsp3) is 0.929. The Morgan fingerprint density at radius 2 is 2.28 bits per heavy atom. The SMILES string of the molecule is CC1CCCN(C(=O)CCC2CCOC2)C1CN. The largest absolute Gasteiger partial charge is 0.381 e. The number of ether oxygens (including phenoxy) is 1. The van der Waals surface area contributed by atoms with Gasteiger partial charge in [0.2, 0.25) is 5.91 Å². The van der Waals surface area contributed by atoms with Crippen LogP contribution in [0.2, 0.25) is 0 Å². The van der Waals surface area contributed by atoms with Gasteiger partial charge in [-0.3, -0.25) is 4.79 Å². The summed E-state index contributed by atoms with van der Waals surface area (Å²) in [4.78, 5) is 14.3. The summed E-state index contributed by atoms with van der Waals surface area (Å²) in [5, 5.41) is 0. The minimum absolute atomic E-state index is 0.256. The molecule has 0 aromatic carbocycles. The monoisotopic (exact) mass is 254 g/mol. The fourth-order valence-electron chi connectivity index (χ4n) is 3.20. The first-order chi connectivity index (χ1) is 8.72. The van der Waals surface area contributed by atoms with Gasteiger partial charge in [-0.05, 0) is 37.5 Å². The number of nitrogens with zero attached hydrogens (tertiary/aromatic N) is 1. The summed E-state index contributed by atoms with van der Waals surface area (Å²) in [6, 6.07) is 0.256. The topological polar surface area (TPSA) is 55.6 Å². The Morgan fingerprint density at radius 1 is 1.44 bits per heavy atom. The summed E-state index contributed by atoms with van der Waals surface area (Å²) in [6.45, 7) is 5.41. The molecule has 2 fully saturated rings. The Bertz CT molecular complexity index is 277. The molecule has 0 radical (unpaired) electrons. The first-order valence-corrected chi connectivity index (χ1v) is 7.29. The van der Waals surface area contributed by atoms with Crippen molar-refractivity contribution in [3.8, 4) is 0 Å². The summed E-state index contributed by atoms with van der Waals surface area (Å²) < 4.78 is 5.35. The first kappa shape index (κ1) is 13.8. The Labute approximate surface area is 110 Å². The van der Waals surface area contributed by atoms with E-state index in [0.717, 1.165) is 39.0 Å². The summed E-state index contributed by atoms with van der Waals surface area (Å²) in [5.41, 5.74) is 5.83. The van der Waals surface area contributed by atoms with Crippen LogP contribution in [0.5, 0.6) is 0 Å². The Hall–Kier alpha value is -0.610. The highest BCUT2D eigenvalue weighted by atomic mass is 16.5. The molecule has 3 unspecified atom stereocenters. The lowest BCUT2D eigenvalue weighted by molar-refractivity contribution is -0.136. The number of carbonyl (C=O) groups excluding carboxylic acids is 1. The second-order valence-electron chi connectivity index (χ2n) is 5.78. The number of hydrogen-bond acceptors (Lipinski definition) is 3. The van der Waals surface area contributed by atoms with Crippen molar-refractivity contribution in [2.75, 3.05) is 26.3 Å². The van der Waals surface area contributed by atoms with Crippen LogP contribution in [0.4, 0.5) is 0 Å². The van der Waals surface area contributed by atoms with Crippen LogP contribution in [-0.2, 0) is 9.53 Å². The highest BCUT2D eigenvalue weighted by Crippen LogP contribution is 2.25. The van der Waals surface area contributed by atoms with Crippen LogP contribution in [-0.4, -0.2) is 43.2 Å². The van der Waals surface area contributed by atoms with E-state index in [4.69, 9.17) is 10.5 Å². The summed E-state index contributed by atoms with van der Waals surface area (Å²) >= 11 is 0. The maximum absolute atomic E-state index is 12.3. The predicted molar refractivity (Wildman–Crippen MR) is 71.1 cm³/mol. The number of likely N-dealkylation sites (tertiary alicyclic amines) is 1. The van der Waals surface area contributed by atoms with Gasteiger partial charge < -0.3 is 15.4 Å². The predicted octanol–water partition coefficient (Wildman–Crippen LogP) is 1.39. The third-order valence-corrected chi connectivity index (χ3v) is 4.47. The Balaban J connectivity index is 1.82. The molecule has 0 aliphatic carbocycles. The van der Waals surface area contributed by atoms with E-state index in [-0.39, 0.29) is 6.04 Å². The third kappa shape index (κ3) is 3.23. The zero-order chi connectivity index (χ0) is 13.0. The van der Waals surface area contributed by atoms with Crippen molar-refractivity contribution in [2.24, 2.45) is 17.6 Å². The van der Waals surface area contributed by atoms with Crippen LogP contribution in [0, 0.1) is 11.8 Å². The fourth-order valence-corrected chi connectivity index (χ4v) is 3.20. The van der Waals surface area contributed by atoms with Gasteiger partial charge in [-0.25, -0.2) is 0 Å². The molecule has 2 N–H and O–H groups in total. The number of carbonyl (C=O) groups is 1. The number of rotatable bonds is 4. The average molecular weight is 254 g/mol. The molecule has 2 aliphatic rings. The van der Waals surface area contributed by atoms with E-state index in [1.807, 2.05) is 4.90 Å². The highest BCUT2D eigenvalue weighted by molar-refractivity contribution is 5.76. The molecular formula is C14H26N2O2. The molecular weight excluding hydrogens is 228 g/mol. The van der Waals surface area contributed by atoms with Crippen LogP contribution >= 0.6 is 0 Å². The van der Waals surface area contributed by atoms with E-state index >= 15 is 0 Å². The lowest BCUT2D eigenvalue weighted by atomic mass is 9.90. The molecule has 104 valence electrons. The van der Waals surface area contributed by atoms with Gasteiger partial charge >= 0.3 is 0 Å². The maximum atomic E-state index is 12.3. The molecule has 18 heavy (non-hydrogen) atoms. The van der Waals surface area contributed by atoms with Gasteiger partial charge in [0.05, 0.1) is 0 Å². The first-order valence-electron chi connectivity index (χ1n) is 7.29. The zero-order valence-corrected chi connectivity index (χ0v) is 11.4. The number of piperidine rings is 1. The maximum Gasteiger partial charge on any atom is 0.222 e. The lowest BCUT2D eigenvalue weighted by Gasteiger charge is -2.39. The second kappa shape index (κ2) is 6.53. The average Bonchev–Trinajstić information content (AvgIpc) is 2.88. The molecule has 2 heterocycles. The van der Waals surface area contributed by atoms with Crippen LogP contribution in [0.15, 0.2) is 0 Å². The third-order valence-electron chi connectivity index (χ3n) is 4.47. The normalized spacial score (nSPS) is 32.8. The molecule has 4 heteroatoms. The van der Waals surface area contributed by atoms with Gasteiger partial charge in [0.15, 0.2) is 0 Å². The minimum Gasteiger partial charge on any atom is -0.381 e. The molecule has 0 bridgehead atoms. The van der Waals surface area contributed by atoms with E-state index < -0.39 is 0 Å². The van der Waals surface area contributed by atoms with Crippen molar-refractivity contribution < 1.29 is 9.53 Å². The van der Waals surface area contributed by atoms with E-state index in [2.05, 4.69) is 6.92 Å². The van der Waals surface area contributed by atoms with Gasteiger partial charge in [-0.2, -0.15) is 0 Å². The molecule has 0 saturated carbocycles. The number of hydrogen-bond donors (Lipinski definition) is 1. The smallest absolute Gasteiger partial charge is 0.222 e.